The number of Topliss-reactive ketones (excluding diaryl/α,β-unsaturated/α-hetero) is 2. The second-order valence-corrected chi connectivity index (χ2v) is 3.17. The number of hydrogen-bond donors (Lipinski definition) is 0. The molecule has 12 heavy (non-hydrogen) atoms. The van der Waals surface area contributed by atoms with E-state index in [0.717, 1.165) is 5.57 Å². The minimum absolute atomic E-state index is 0.113. The Kier molecular flexibility index (Phi) is 2.22. The summed E-state index contributed by atoms with van der Waals surface area (Å²) in [5.74, 6) is -1.97. The molecule has 1 aliphatic carbocycles. The summed E-state index contributed by atoms with van der Waals surface area (Å²) in [6.45, 7) is 3.78. The molecule has 0 saturated carbocycles. The molecule has 0 heterocycles. The third-order valence-electron chi connectivity index (χ3n) is 1.90. The fraction of sp³-hybridized carbons (Fsp3) is 0.444. The summed E-state index contributed by atoms with van der Waals surface area (Å²) >= 11 is 0. The third-order valence-corrected chi connectivity index (χ3v) is 1.90. The highest BCUT2D eigenvalue weighted by molar-refractivity contribution is 6.67. The van der Waals surface area contributed by atoms with Gasteiger partial charge in [0.05, 0.1) is 0 Å². The normalized spacial score (nSPS) is 18.6. The van der Waals surface area contributed by atoms with Crippen LogP contribution in [-0.4, -0.2) is 17.3 Å². The van der Waals surface area contributed by atoms with Crippen LogP contribution in [0, 0.1) is 5.92 Å². The average Bonchev–Trinajstić information content (AvgIpc) is 1.99. The maximum Gasteiger partial charge on any atom is 0.268 e. The monoisotopic (exact) mass is 166 g/mol. The summed E-state index contributed by atoms with van der Waals surface area (Å²) in [5, 5.41) is 0. The molecule has 0 unspecified atom stereocenters. The molecule has 0 fully saturated rings. The Balaban J connectivity index is 2.97. The van der Waals surface area contributed by atoms with Crippen LogP contribution >= 0.6 is 0 Å². The number of allylic oxidation sites excluding steroid dienone is 2. The minimum atomic E-state index is -0.876. The highest BCUT2D eigenvalue weighted by atomic mass is 16.2. The largest absolute Gasteiger partial charge is 0.290 e. The van der Waals surface area contributed by atoms with Gasteiger partial charge in [0.2, 0.25) is 11.6 Å². The lowest BCUT2D eigenvalue weighted by atomic mass is 9.89. The Labute approximate surface area is 70.4 Å². The predicted molar refractivity (Wildman–Crippen MR) is 42.6 cm³/mol. The fourth-order valence-electron chi connectivity index (χ4n) is 1.06. The van der Waals surface area contributed by atoms with Crippen molar-refractivity contribution in [2.75, 3.05) is 0 Å². The Hall–Kier alpha value is -1.25. The van der Waals surface area contributed by atoms with Crippen molar-refractivity contribution >= 4 is 17.3 Å². The van der Waals surface area contributed by atoms with E-state index in [2.05, 4.69) is 0 Å². The molecule has 0 atom stereocenters. The number of rotatable bonds is 1. The highest BCUT2D eigenvalue weighted by Gasteiger charge is 2.27. The molecule has 0 radical (unpaired) electrons. The van der Waals surface area contributed by atoms with E-state index >= 15 is 0 Å². The predicted octanol–water partition coefficient (Wildman–Crippen LogP) is 0.680. The van der Waals surface area contributed by atoms with Gasteiger partial charge < -0.3 is 0 Å². The van der Waals surface area contributed by atoms with Crippen LogP contribution in [-0.2, 0) is 14.4 Å². The van der Waals surface area contributed by atoms with Crippen molar-refractivity contribution in [1.29, 1.82) is 0 Å². The summed E-state index contributed by atoms with van der Waals surface area (Å²) in [6, 6.07) is 0. The summed E-state index contributed by atoms with van der Waals surface area (Å²) in [4.78, 5) is 32.5. The van der Waals surface area contributed by atoms with Gasteiger partial charge in [0.15, 0.2) is 0 Å². The van der Waals surface area contributed by atoms with Gasteiger partial charge >= 0.3 is 0 Å². The zero-order chi connectivity index (χ0) is 9.30. The van der Waals surface area contributed by atoms with E-state index < -0.39 is 17.3 Å². The molecule has 1 rings (SSSR count). The SMILES string of the molecule is CC(C)C1=CC(=O)C(=O)C(=O)C1. The second kappa shape index (κ2) is 3.01. The summed E-state index contributed by atoms with van der Waals surface area (Å²) in [7, 11) is 0. The van der Waals surface area contributed by atoms with Gasteiger partial charge in [-0.25, -0.2) is 0 Å². The van der Waals surface area contributed by atoms with Crippen molar-refractivity contribution in [3.8, 4) is 0 Å². The van der Waals surface area contributed by atoms with Gasteiger partial charge in [-0.15, -0.1) is 0 Å². The van der Waals surface area contributed by atoms with E-state index in [1.807, 2.05) is 13.8 Å². The summed E-state index contributed by atoms with van der Waals surface area (Å²) in [5.41, 5.74) is 0.754. The molecular weight excluding hydrogens is 156 g/mol. The van der Waals surface area contributed by atoms with Crippen molar-refractivity contribution in [1.82, 2.24) is 0 Å². The van der Waals surface area contributed by atoms with Crippen LogP contribution in [0.1, 0.15) is 20.3 Å². The fourth-order valence-corrected chi connectivity index (χ4v) is 1.06. The molecule has 0 saturated heterocycles. The third kappa shape index (κ3) is 1.49. The molecule has 0 bridgehead atoms. The number of ketones is 3. The molecule has 0 spiro atoms. The van der Waals surface area contributed by atoms with Gasteiger partial charge in [-0.05, 0) is 12.0 Å². The quantitative estimate of drug-likeness (QED) is 0.538. The standard InChI is InChI=1S/C9H10O3/c1-5(2)6-3-7(10)9(12)8(11)4-6/h3,5H,4H2,1-2H3. The van der Waals surface area contributed by atoms with Gasteiger partial charge in [0.1, 0.15) is 0 Å². The Morgan fingerprint density at radius 2 is 1.83 bits per heavy atom. The second-order valence-electron chi connectivity index (χ2n) is 3.17. The molecule has 0 aromatic carbocycles. The number of hydrogen-bond acceptors (Lipinski definition) is 3. The van der Waals surface area contributed by atoms with Crippen molar-refractivity contribution in [2.45, 2.75) is 20.3 Å². The first-order valence-electron chi connectivity index (χ1n) is 3.84. The van der Waals surface area contributed by atoms with Crippen molar-refractivity contribution in [2.24, 2.45) is 5.92 Å². The zero-order valence-corrected chi connectivity index (χ0v) is 7.09. The molecule has 0 aromatic heterocycles. The van der Waals surface area contributed by atoms with Crippen LogP contribution in [0.25, 0.3) is 0 Å². The van der Waals surface area contributed by atoms with Crippen LogP contribution in [0.5, 0.6) is 0 Å². The van der Waals surface area contributed by atoms with E-state index in [-0.39, 0.29) is 12.3 Å². The first-order valence-corrected chi connectivity index (χ1v) is 3.84. The topological polar surface area (TPSA) is 51.2 Å². The van der Waals surface area contributed by atoms with Gasteiger partial charge in [0.25, 0.3) is 5.78 Å². The molecule has 3 heteroatoms. The van der Waals surface area contributed by atoms with Crippen LogP contribution in [0.4, 0.5) is 0 Å². The lowest BCUT2D eigenvalue weighted by Gasteiger charge is -2.12. The van der Waals surface area contributed by atoms with Crippen LogP contribution in [0.2, 0.25) is 0 Å². The first-order chi connectivity index (χ1) is 5.52. The minimum Gasteiger partial charge on any atom is -0.290 e. The molecule has 64 valence electrons. The molecule has 3 nitrogen and oxygen atoms in total. The zero-order valence-electron chi connectivity index (χ0n) is 7.09. The molecule has 0 aliphatic heterocycles. The summed E-state index contributed by atoms with van der Waals surface area (Å²) in [6.07, 6.45) is 1.40. The Morgan fingerprint density at radius 3 is 2.25 bits per heavy atom. The molecule has 0 amide bonds. The van der Waals surface area contributed by atoms with Gasteiger partial charge in [0, 0.05) is 6.42 Å². The van der Waals surface area contributed by atoms with E-state index in [0.29, 0.717) is 0 Å². The molecular formula is C9H10O3. The van der Waals surface area contributed by atoms with Crippen molar-refractivity contribution in [3.05, 3.63) is 11.6 Å². The highest BCUT2D eigenvalue weighted by Crippen LogP contribution is 2.18. The van der Waals surface area contributed by atoms with E-state index in [4.69, 9.17) is 0 Å². The Bertz CT molecular complexity index is 284. The van der Waals surface area contributed by atoms with Gasteiger partial charge in [-0.1, -0.05) is 19.4 Å². The molecule has 1 aliphatic rings. The molecule has 0 N–H and O–H groups in total. The van der Waals surface area contributed by atoms with E-state index in [1.165, 1.54) is 6.08 Å². The smallest absolute Gasteiger partial charge is 0.268 e. The van der Waals surface area contributed by atoms with Crippen LogP contribution < -0.4 is 0 Å². The maximum atomic E-state index is 10.9. The average molecular weight is 166 g/mol. The van der Waals surface area contributed by atoms with E-state index in [9.17, 15) is 14.4 Å². The lowest BCUT2D eigenvalue weighted by molar-refractivity contribution is -0.142. The van der Waals surface area contributed by atoms with Gasteiger partial charge in [-0.3, -0.25) is 14.4 Å². The van der Waals surface area contributed by atoms with Crippen molar-refractivity contribution in [3.63, 3.8) is 0 Å². The van der Waals surface area contributed by atoms with Gasteiger partial charge in [-0.2, -0.15) is 0 Å². The number of carbonyl (C=O) groups is 3. The number of carbonyl (C=O) groups excluding carboxylic acids is 3. The lowest BCUT2D eigenvalue weighted by Crippen LogP contribution is -2.28. The maximum absolute atomic E-state index is 10.9. The first kappa shape index (κ1) is 8.84. The van der Waals surface area contributed by atoms with Crippen LogP contribution in [0.15, 0.2) is 11.6 Å². The summed E-state index contributed by atoms with van der Waals surface area (Å²) < 4.78 is 0. The molecule has 0 aromatic rings. The Morgan fingerprint density at radius 1 is 1.25 bits per heavy atom. The van der Waals surface area contributed by atoms with Crippen molar-refractivity contribution < 1.29 is 14.4 Å². The van der Waals surface area contributed by atoms with Crippen LogP contribution in [0.3, 0.4) is 0 Å². The van der Waals surface area contributed by atoms with E-state index in [1.54, 1.807) is 0 Å².